The molecule has 1 saturated carbocycles. The second-order valence-corrected chi connectivity index (χ2v) is 6.15. The second kappa shape index (κ2) is 4.57. The van der Waals surface area contributed by atoms with Crippen molar-refractivity contribution in [3.8, 4) is 5.75 Å². The van der Waals surface area contributed by atoms with Crippen LogP contribution in [0.5, 0.6) is 5.75 Å². The van der Waals surface area contributed by atoms with Gasteiger partial charge in [-0.15, -0.1) is 0 Å². The number of carboxylic acids is 1. The maximum absolute atomic E-state index is 11.5. The molecule has 1 aromatic rings. The molecule has 1 fully saturated rings. The highest BCUT2D eigenvalue weighted by atomic mass is 79.9. The number of rotatable bonds is 3. The van der Waals surface area contributed by atoms with Crippen LogP contribution < -0.4 is 0 Å². The third-order valence-corrected chi connectivity index (χ3v) is 4.49. The molecule has 0 aliphatic heterocycles. The second-order valence-electron chi connectivity index (χ2n) is 5.29. The number of halogens is 1. The lowest BCUT2D eigenvalue weighted by molar-refractivity contribution is -0.147. The first-order chi connectivity index (χ1) is 8.38. The van der Waals surface area contributed by atoms with E-state index < -0.39 is 11.4 Å². The summed E-state index contributed by atoms with van der Waals surface area (Å²) < 4.78 is 0.580. The summed E-state index contributed by atoms with van der Waals surface area (Å²) in [6.07, 6.45) is 2.10. The van der Waals surface area contributed by atoms with Crippen LogP contribution in [-0.4, -0.2) is 16.2 Å². The van der Waals surface area contributed by atoms with Gasteiger partial charge in [-0.05, 0) is 46.3 Å². The maximum atomic E-state index is 11.5. The van der Waals surface area contributed by atoms with E-state index in [0.29, 0.717) is 28.8 Å². The number of benzene rings is 1. The van der Waals surface area contributed by atoms with Crippen molar-refractivity contribution in [1.82, 2.24) is 0 Å². The minimum Gasteiger partial charge on any atom is -0.506 e. The molecule has 0 unspecified atom stereocenters. The van der Waals surface area contributed by atoms with Gasteiger partial charge >= 0.3 is 5.97 Å². The summed E-state index contributed by atoms with van der Waals surface area (Å²) in [5, 5.41) is 19.6. The van der Waals surface area contributed by atoms with Crippen molar-refractivity contribution in [2.45, 2.75) is 44.4 Å². The van der Waals surface area contributed by atoms with Gasteiger partial charge in [0, 0.05) is 5.56 Å². The summed E-state index contributed by atoms with van der Waals surface area (Å²) in [7, 11) is 0. The Balaban J connectivity index is 2.59. The number of aromatic hydroxyl groups is 1. The molecular weight excluding hydrogens is 296 g/mol. The van der Waals surface area contributed by atoms with E-state index in [2.05, 4.69) is 29.8 Å². The predicted molar refractivity (Wildman–Crippen MR) is 73.1 cm³/mol. The van der Waals surface area contributed by atoms with Gasteiger partial charge in [-0.1, -0.05) is 26.3 Å². The van der Waals surface area contributed by atoms with E-state index in [-0.39, 0.29) is 5.75 Å². The van der Waals surface area contributed by atoms with E-state index in [9.17, 15) is 15.0 Å². The van der Waals surface area contributed by atoms with Crippen LogP contribution in [0, 0.1) is 0 Å². The normalized spacial score (nSPS) is 17.6. The molecule has 0 bridgehead atoms. The molecule has 2 N–H and O–H groups in total. The Morgan fingerprint density at radius 2 is 2.00 bits per heavy atom. The highest BCUT2D eigenvalue weighted by Crippen LogP contribution is 2.49. The average Bonchev–Trinajstić information content (AvgIpc) is 2.21. The number of carbonyl (C=O) groups is 1. The van der Waals surface area contributed by atoms with Crippen molar-refractivity contribution in [3.63, 3.8) is 0 Å². The van der Waals surface area contributed by atoms with Crippen molar-refractivity contribution in [3.05, 3.63) is 27.7 Å². The summed E-state index contributed by atoms with van der Waals surface area (Å²) in [6.45, 7) is 4.10. The fraction of sp³-hybridized carbons (Fsp3) is 0.500. The van der Waals surface area contributed by atoms with Gasteiger partial charge in [0.15, 0.2) is 0 Å². The standard InChI is InChI=1S/C14H17BrO3/c1-8(2)9-6-10(12(16)11(15)7-9)14(13(17)18)4-3-5-14/h6-8,16H,3-5H2,1-2H3,(H,17,18). The van der Waals surface area contributed by atoms with Crippen LogP contribution in [0.15, 0.2) is 16.6 Å². The molecule has 0 radical (unpaired) electrons. The molecular formula is C14H17BrO3. The lowest BCUT2D eigenvalue weighted by Gasteiger charge is -2.39. The Kier molecular flexibility index (Phi) is 3.41. The number of carboxylic acid groups (broad SMARTS) is 1. The Morgan fingerprint density at radius 1 is 1.39 bits per heavy atom. The van der Waals surface area contributed by atoms with Crippen molar-refractivity contribution >= 4 is 21.9 Å². The monoisotopic (exact) mass is 312 g/mol. The van der Waals surface area contributed by atoms with Gasteiger partial charge < -0.3 is 10.2 Å². The minimum absolute atomic E-state index is 0.0708. The molecule has 1 aliphatic carbocycles. The fourth-order valence-electron chi connectivity index (χ4n) is 2.45. The SMILES string of the molecule is CC(C)c1cc(Br)c(O)c(C2(C(=O)O)CCC2)c1. The highest BCUT2D eigenvalue weighted by Gasteiger charge is 2.48. The molecule has 0 heterocycles. The zero-order chi connectivity index (χ0) is 13.5. The molecule has 0 saturated heterocycles. The molecule has 2 rings (SSSR count). The van der Waals surface area contributed by atoms with Crippen molar-refractivity contribution in [2.75, 3.05) is 0 Å². The average molecular weight is 313 g/mol. The lowest BCUT2D eigenvalue weighted by atomic mass is 9.64. The van der Waals surface area contributed by atoms with Crippen LogP contribution in [0.25, 0.3) is 0 Å². The van der Waals surface area contributed by atoms with Gasteiger partial charge in [-0.2, -0.15) is 0 Å². The summed E-state index contributed by atoms with van der Waals surface area (Å²) in [5.74, 6) is -0.468. The number of phenols is 1. The number of hydrogen-bond acceptors (Lipinski definition) is 2. The smallest absolute Gasteiger partial charge is 0.314 e. The van der Waals surface area contributed by atoms with E-state index in [0.717, 1.165) is 12.0 Å². The van der Waals surface area contributed by atoms with Crippen LogP contribution in [0.1, 0.15) is 50.2 Å². The molecule has 1 aromatic carbocycles. The third-order valence-electron chi connectivity index (χ3n) is 3.88. The van der Waals surface area contributed by atoms with Crippen LogP contribution in [0.4, 0.5) is 0 Å². The lowest BCUT2D eigenvalue weighted by Crippen LogP contribution is -2.42. The van der Waals surface area contributed by atoms with Gasteiger partial charge in [-0.25, -0.2) is 0 Å². The number of phenolic OH excluding ortho intramolecular Hbond substituents is 1. The summed E-state index contributed by atoms with van der Waals surface area (Å²) in [5.41, 5.74) is 0.707. The largest absolute Gasteiger partial charge is 0.506 e. The van der Waals surface area contributed by atoms with E-state index in [1.165, 1.54) is 0 Å². The first-order valence-electron chi connectivity index (χ1n) is 6.15. The van der Waals surface area contributed by atoms with Crippen molar-refractivity contribution in [2.24, 2.45) is 0 Å². The zero-order valence-corrected chi connectivity index (χ0v) is 12.1. The van der Waals surface area contributed by atoms with Crippen molar-refractivity contribution < 1.29 is 15.0 Å². The minimum atomic E-state index is -0.891. The van der Waals surface area contributed by atoms with Crippen LogP contribution in [-0.2, 0) is 10.2 Å². The molecule has 98 valence electrons. The van der Waals surface area contributed by atoms with Gasteiger partial charge in [0.2, 0.25) is 0 Å². The Hall–Kier alpha value is -1.03. The third kappa shape index (κ3) is 1.92. The first kappa shape index (κ1) is 13.4. The topological polar surface area (TPSA) is 57.5 Å². The van der Waals surface area contributed by atoms with E-state index in [4.69, 9.17) is 0 Å². The zero-order valence-electron chi connectivity index (χ0n) is 10.5. The van der Waals surface area contributed by atoms with E-state index in [1.54, 1.807) is 0 Å². The molecule has 1 aliphatic rings. The number of hydrogen-bond donors (Lipinski definition) is 2. The van der Waals surface area contributed by atoms with Crippen molar-refractivity contribution in [1.29, 1.82) is 0 Å². The molecule has 0 spiro atoms. The molecule has 18 heavy (non-hydrogen) atoms. The molecule has 0 amide bonds. The summed E-state index contributed by atoms with van der Waals surface area (Å²) in [6, 6.07) is 3.70. The quantitative estimate of drug-likeness (QED) is 0.893. The molecule has 0 aromatic heterocycles. The predicted octanol–water partition coefficient (Wildman–Crippen LogP) is 3.78. The van der Waals surface area contributed by atoms with E-state index >= 15 is 0 Å². The van der Waals surface area contributed by atoms with Gasteiger partial charge in [0.25, 0.3) is 0 Å². The molecule has 4 heteroatoms. The van der Waals surface area contributed by atoms with Crippen LogP contribution in [0.2, 0.25) is 0 Å². The maximum Gasteiger partial charge on any atom is 0.314 e. The fourth-order valence-corrected chi connectivity index (χ4v) is 2.92. The molecule has 0 atom stereocenters. The van der Waals surface area contributed by atoms with Gasteiger partial charge in [-0.3, -0.25) is 4.79 Å². The van der Waals surface area contributed by atoms with Crippen LogP contribution in [0.3, 0.4) is 0 Å². The summed E-state index contributed by atoms with van der Waals surface area (Å²) in [4.78, 5) is 11.5. The van der Waals surface area contributed by atoms with Gasteiger partial charge in [0.1, 0.15) is 5.75 Å². The first-order valence-corrected chi connectivity index (χ1v) is 6.94. The Labute approximate surface area is 115 Å². The molecule has 3 nitrogen and oxygen atoms in total. The number of aliphatic carboxylic acids is 1. The Morgan fingerprint density at radius 3 is 2.39 bits per heavy atom. The highest BCUT2D eigenvalue weighted by molar-refractivity contribution is 9.10. The van der Waals surface area contributed by atoms with Gasteiger partial charge in [0.05, 0.1) is 9.89 Å². The Bertz CT molecular complexity index is 490. The van der Waals surface area contributed by atoms with Crippen LogP contribution >= 0.6 is 15.9 Å². The summed E-state index contributed by atoms with van der Waals surface area (Å²) >= 11 is 3.32. The van der Waals surface area contributed by atoms with E-state index in [1.807, 2.05) is 12.1 Å².